The Kier molecular flexibility index (Phi) is 7.24. The molecule has 0 saturated heterocycles. The third-order valence-electron chi connectivity index (χ3n) is 6.22. The first-order valence-corrected chi connectivity index (χ1v) is 13.9. The summed E-state index contributed by atoms with van der Waals surface area (Å²) in [6.45, 7) is 11.8. The van der Waals surface area contributed by atoms with Gasteiger partial charge in [-0.15, -0.1) is 0 Å². The monoisotopic (exact) mass is 450 g/mol. The van der Waals surface area contributed by atoms with Gasteiger partial charge in [0.15, 0.2) is 0 Å². The number of esters is 1. The largest absolute Gasteiger partial charge is 0.543 e. The number of aromatic nitrogens is 2. The van der Waals surface area contributed by atoms with Crippen LogP contribution in [-0.4, -0.2) is 30.9 Å². The van der Waals surface area contributed by atoms with E-state index < -0.39 is 8.32 Å². The van der Waals surface area contributed by atoms with Crippen molar-refractivity contribution in [1.29, 1.82) is 0 Å². The number of hydrogen-bond acceptors (Lipinski definition) is 4. The molecule has 0 atom stereocenters. The zero-order valence-electron chi connectivity index (χ0n) is 20.0. The number of carbonyl (C=O) groups excluding carboxylic acids is 1. The van der Waals surface area contributed by atoms with Crippen LogP contribution in [0.5, 0.6) is 5.75 Å². The van der Waals surface area contributed by atoms with Gasteiger partial charge in [-0.2, -0.15) is 0 Å². The van der Waals surface area contributed by atoms with Crippen molar-refractivity contribution in [3.8, 4) is 5.75 Å². The van der Waals surface area contributed by atoms with Gasteiger partial charge in [0.2, 0.25) is 8.32 Å². The molecule has 1 heterocycles. The Morgan fingerprint density at radius 2 is 1.72 bits per heavy atom. The summed E-state index contributed by atoms with van der Waals surface area (Å²) < 4.78 is 13.5. The zero-order valence-corrected chi connectivity index (χ0v) is 21.0. The molecule has 0 unspecified atom stereocenters. The van der Waals surface area contributed by atoms with Crippen molar-refractivity contribution in [1.82, 2.24) is 9.55 Å². The minimum atomic E-state index is -1.92. The third-order valence-corrected chi connectivity index (χ3v) is 10.6. The first-order valence-electron chi connectivity index (χ1n) is 11.0. The molecule has 0 amide bonds. The van der Waals surface area contributed by atoms with Crippen LogP contribution in [-0.2, 0) is 28.9 Å². The van der Waals surface area contributed by atoms with Crippen LogP contribution in [0.2, 0.25) is 18.1 Å². The molecule has 3 aromatic rings. The molecule has 0 spiro atoms. The molecule has 0 aliphatic carbocycles. The quantitative estimate of drug-likeness (QED) is 0.330. The molecule has 0 bridgehead atoms. The number of imidazole rings is 1. The number of ether oxygens (including phenoxy) is 1. The molecule has 0 aliphatic heterocycles. The summed E-state index contributed by atoms with van der Waals surface area (Å²) in [6, 6.07) is 18.4. The van der Waals surface area contributed by atoms with Gasteiger partial charge in [-0.05, 0) is 41.4 Å². The maximum atomic E-state index is 12.1. The molecule has 0 saturated carbocycles. The molecule has 2 aromatic carbocycles. The highest BCUT2D eigenvalue weighted by molar-refractivity contribution is 6.74. The van der Waals surface area contributed by atoms with E-state index in [1.54, 1.807) is 0 Å². The Labute approximate surface area is 192 Å². The number of methoxy groups -OCH3 is 1. The summed E-state index contributed by atoms with van der Waals surface area (Å²) in [5.41, 5.74) is 4.05. The van der Waals surface area contributed by atoms with Crippen LogP contribution in [0, 0.1) is 0 Å². The molecule has 3 rings (SSSR count). The second kappa shape index (κ2) is 9.73. The predicted octanol–water partition coefficient (Wildman–Crippen LogP) is 5.62. The Morgan fingerprint density at radius 1 is 1.03 bits per heavy atom. The van der Waals surface area contributed by atoms with E-state index in [1.807, 2.05) is 41.2 Å². The lowest BCUT2D eigenvalue weighted by atomic mass is 10.1. The summed E-state index contributed by atoms with van der Waals surface area (Å²) in [5, 5.41) is 0.132. The van der Waals surface area contributed by atoms with Gasteiger partial charge in [-0.1, -0.05) is 63.2 Å². The smallest absolute Gasteiger partial charge is 0.311 e. The minimum Gasteiger partial charge on any atom is -0.543 e. The molecule has 0 aliphatic rings. The average Bonchev–Trinajstić information content (AvgIpc) is 3.08. The first kappa shape index (κ1) is 23.8. The molecule has 6 heteroatoms. The third kappa shape index (κ3) is 5.88. The van der Waals surface area contributed by atoms with E-state index >= 15 is 0 Å². The van der Waals surface area contributed by atoms with Gasteiger partial charge in [-0.3, -0.25) is 4.79 Å². The zero-order chi connectivity index (χ0) is 23.4. The highest BCUT2D eigenvalue weighted by atomic mass is 28.4. The minimum absolute atomic E-state index is 0.132. The summed E-state index contributed by atoms with van der Waals surface area (Å²) in [7, 11) is -0.500. The van der Waals surface area contributed by atoms with Crippen molar-refractivity contribution in [2.75, 3.05) is 7.11 Å². The second-order valence-electron chi connectivity index (χ2n) is 9.69. The Morgan fingerprint density at radius 3 is 2.38 bits per heavy atom. The second-order valence-corrected chi connectivity index (χ2v) is 14.4. The van der Waals surface area contributed by atoms with Crippen molar-refractivity contribution in [2.24, 2.45) is 0 Å². The van der Waals surface area contributed by atoms with Crippen LogP contribution in [0.1, 0.15) is 43.3 Å². The maximum absolute atomic E-state index is 12.1. The lowest BCUT2D eigenvalue weighted by Gasteiger charge is -2.36. The van der Waals surface area contributed by atoms with Crippen molar-refractivity contribution < 1.29 is 14.0 Å². The lowest BCUT2D eigenvalue weighted by molar-refractivity contribution is -0.139. The van der Waals surface area contributed by atoms with Crippen LogP contribution in [0.4, 0.5) is 0 Å². The molecule has 0 radical (unpaired) electrons. The van der Waals surface area contributed by atoms with E-state index in [2.05, 4.69) is 63.1 Å². The van der Waals surface area contributed by atoms with E-state index in [-0.39, 0.29) is 17.4 Å². The van der Waals surface area contributed by atoms with E-state index in [9.17, 15) is 4.79 Å². The number of nitrogens with zero attached hydrogens (tertiary/aromatic N) is 2. The summed E-state index contributed by atoms with van der Waals surface area (Å²) in [4.78, 5) is 16.8. The fourth-order valence-corrected chi connectivity index (χ4v) is 4.31. The number of rotatable bonds is 8. The Hall–Kier alpha value is -2.86. The lowest BCUT2D eigenvalue weighted by Crippen LogP contribution is -2.43. The molecule has 5 nitrogen and oxygen atoms in total. The van der Waals surface area contributed by atoms with Gasteiger partial charge in [0.05, 0.1) is 31.2 Å². The van der Waals surface area contributed by atoms with Crippen LogP contribution >= 0.6 is 0 Å². The van der Waals surface area contributed by atoms with Gasteiger partial charge in [0.1, 0.15) is 5.75 Å². The molecule has 1 aromatic heterocycles. The van der Waals surface area contributed by atoms with E-state index in [0.29, 0.717) is 13.0 Å². The highest BCUT2D eigenvalue weighted by Crippen LogP contribution is 2.37. The van der Waals surface area contributed by atoms with E-state index in [0.717, 1.165) is 28.3 Å². The van der Waals surface area contributed by atoms with Gasteiger partial charge >= 0.3 is 5.97 Å². The fourth-order valence-electron chi connectivity index (χ4n) is 3.29. The van der Waals surface area contributed by atoms with E-state index in [1.165, 1.54) is 7.11 Å². The predicted molar refractivity (Wildman–Crippen MR) is 131 cm³/mol. The fraction of sp³-hybridized carbons (Fsp3) is 0.385. The average molecular weight is 451 g/mol. The van der Waals surface area contributed by atoms with Crippen molar-refractivity contribution in [3.05, 3.63) is 83.4 Å². The Bertz CT molecular complexity index is 1050. The normalized spacial score (nSPS) is 11.9. The maximum Gasteiger partial charge on any atom is 0.311 e. The number of benzene rings is 2. The standard InChI is InChI=1S/C26H34N2O3Si/c1-26(2,3)32(5,6)31-22-14-10-13-21(15-22)18-28-19-27-23(24(28)17-25(29)30-4)16-20-11-8-7-9-12-20/h7-15,19H,16-18H2,1-6H3. The van der Waals surface area contributed by atoms with Crippen LogP contribution in [0.15, 0.2) is 60.9 Å². The van der Waals surface area contributed by atoms with Gasteiger partial charge in [0.25, 0.3) is 0 Å². The topological polar surface area (TPSA) is 53.3 Å². The SMILES string of the molecule is COC(=O)Cc1c(Cc2ccccc2)ncn1Cc1cccc(O[Si](C)(C)C(C)(C)C)c1. The molecule has 0 N–H and O–H groups in total. The van der Waals surface area contributed by atoms with Crippen LogP contribution < -0.4 is 4.43 Å². The summed E-state index contributed by atoms with van der Waals surface area (Å²) in [5.74, 6) is 0.629. The van der Waals surface area contributed by atoms with Crippen molar-refractivity contribution >= 4 is 14.3 Å². The first-order chi connectivity index (χ1) is 15.1. The molecule has 32 heavy (non-hydrogen) atoms. The van der Waals surface area contributed by atoms with Gasteiger partial charge in [0, 0.05) is 13.0 Å². The van der Waals surface area contributed by atoms with Crippen molar-refractivity contribution in [2.45, 2.75) is 58.3 Å². The molecule has 0 fully saturated rings. The molecule has 170 valence electrons. The van der Waals surface area contributed by atoms with Crippen molar-refractivity contribution in [3.63, 3.8) is 0 Å². The van der Waals surface area contributed by atoms with E-state index in [4.69, 9.17) is 9.16 Å². The van der Waals surface area contributed by atoms with Gasteiger partial charge < -0.3 is 13.7 Å². The van der Waals surface area contributed by atoms with Crippen LogP contribution in [0.3, 0.4) is 0 Å². The summed E-state index contributed by atoms with van der Waals surface area (Å²) >= 11 is 0. The van der Waals surface area contributed by atoms with Crippen LogP contribution in [0.25, 0.3) is 0 Å². The number of carbonyl (C=O) groups is 1. The molecular formula is C26H34N2O3Si. The highest BCUT2D eigenvalue weighted by Gasteiger charge is 2.38. The summed E-state index contributed by atoms with van der Waals surface area (Å²) in [6.07, 6.45) is 2.69. The van der Waals surface area contributed by atoms with Gasteiger partial charge in [-0.25, -0.2) is 4.98 Å². The number of hydrogen-bond donors (Lipinski definition) is 0. The molecular weight excluding hydrogens is 416 g/mol. The Balaban J connectivity index is 1.86.